The van der Waals surface area contributed by atoms with E-state index in [-0.39, 0.29) is 0 Å². The van der Waals surface area contributed by atoms with Gasteiger partial charge in [0.2, 0.25) is 5.95 Å². The van der Waals surface area contributed by atoms with E-state index in [1.807, 2.05) is 56.4 Å². The number of aromatic amines is 1. The van der Waals surface area contributed by atoms with Crippen LogP contribution < -0.4 is 4.90 Å². The van der Waals surface area contributed by atoms with Crippen LogP contribution in [0, 0.1) is 13.8 Å². The lowest BCUT2D eigenvalue weighted by molar-refractivity contribution is 0.426. The highest BCUT2D eigenvalue weighted by Crippen LogP contribution is 2.32. The minimum Gasteiger partial charge on any atom is -0.460 e. The van der Waals surface area contributed by atoms with Gasteiger partial charge < -0.3 is 13.8 Å². The fraction of sp³-hybridized carbons (Fsp3) is 0.263. The number of H-pyrrole nitrogens is 1. The first-order valence-electron chi connectivity index (χ1n) is 8.66. The number of nitrogens with zero attached hydrogens (tertiary/aromatic N) is 5. The molecule has 0 saturated carbocycles. The van der Waals surface area contributed by atoms with Crippen molar-refractivity contribution >= 4 is 5.95 Å². The van der Waals surface area contributed by atoms with Crippen molar-refractivity contribution in [3.05, 3.63) is 53.8 Å². The lowest BCUT2D eigenvalue weighted by Crippen LogP contribution is -2.22. The summed E-state index contributed by atoms with van der Waals surface area (Å²) >= 11 is 0. The molecular weight excluding hydrogens is 344 g/mol. The SMILES string of the molecule is Cc1cc(-c2cnc(N(C)CCc3cn[nH]c3)nc2-c2ccc(C)o2)on1. The molecule has 0 aliphatic heterocycles. The number of likely N-dealkylation sites (N-methyl/N-ethyl adjacent to an activating group) is 1. The topological polar surface area (TPSA) is 96.9 Å². The van der Waals surface area contributed by atoms with Crippen LogP contribution in [0.2, 0.25) is 0 Å². The number of aromatic nitrogens is 5. The summed E-state index contributed by atoms with van der Waals surface area (Å²) in [5, 5.41) is 10.8. The first-order valence-corrected chi connectivity index (χ1v) is 8.66. The van der Waals surface area contributed by atoms with Crippen LogP contribution in [0.4, 0.5) is 5.95 Å². The molecule has 0 spiro atoms. The fourth-order valence-corrected chi connectivity index (χ4v) is 2.79. The van der Waals surface area contributed by atoms with Crippen LogP contribution >= 0.6 is 0 Å². The molecule has 0 amide bonds. The summed E-state index contributed by atoms with van der Waals surface area (Å²) in [5.74, 6) is 2.72. The van der Waals surface area contributed by atoms with Gasteiger partial charge in [-0.3, -0.25) is 5.10 Å². The van der Waals surface area contributed by atoms with Crippen molar-refractivity contribution in [1.82, 2.24) is 25.3 Å². The smallest absolute Gasteiger partial charge is 0.225 e. The van der Waals surface area contributed by atoms with Crippen molar-refractivity contribution in [2.45, 2.75) is 20.3 Å². The number of anilines is 1. The maximum atomic E-state index is 5.81. The zero-order chi connectivity index (χ0) is 18.8. The molecule has 8 heteroatoms. The van der Waals surface area contributed by atoms with Gasteiger partial charge in [-0.1, -0.05) is 5.16 Å². The summed E-state index contributed by atoms with van der Waals surface area (Å²) in [4.78, 5) is 11.3. The molecule has 0 atom stereocenters. The average Bonchev–Trinajstić information content (AvgIpc) is 3.41. The Kier molecular flexibility index (Phi) is 4.45. The number of furan rings is 1. The standard InChI is InChI=1S/C19H20N6O2/c1-12-8-17(27-24-12)15-11-20-19(23-18(15)16-5-4-13(2)26-16)25(3)7-6-14-9-21-22-10-14/h4-5,8-11H,6-7H2,1-3H3,(H,21,22). The van der Waals surface area contributed by atoms with Gasteiger partial charge in [-0.05, 0) is 38.0 Å². The Morgan fingerprint density at radius 2 is 2.04 bits per heavy atom. The van der Waals surface area contributed by atoms with E-state index in [0.29, 0.717) is 23.2 Å². The third-order valence-electron chi connectivity index (χ3n) is 4.28. The van der Waals surface area contributed by atoms with E-state index in [0.717, 1.165) is 35.5 Å². The summed E-state index contributed by atoms with van der Waals surface area (Å²) in [6, 6.07) is 5.68. The van der Waals surface area contributed by atoms with E-state index in [2.05, 4.69) is 20.3 Å². The molecule has 4 aromatic rings. The van der Waals surface area contributed by atoms with E-state index < -0.39 is 0 Å². The van der Waals surface area contributed by atoms with Gasteiger partial charge in [0.1, 0.15) is 11.5 Å². The largest absolute Gasteiger partial charge is 0.460 e. The van der Waals surface area contributed by atoms with Crippen LogP contribution in [0.3, 0.4) is 0 Å². The van der Waals surface area contributed by atoms with Crippen molar-refractivity contribution in [1.29, 1.82) is 0 Å². The molecule has 1 N–H and O–H groups in total. The third kappa shape index (κ3) is 3.59. The van der Waals surface area contributed by atoms with Crippen molar-refractivity contribution in [2.75, 3.05) is 18.5 Å². The average molecular weight is 364 g/mol. The van der Waals surface area contributed by atoms with Gasteiger partial charge in [0.25, 0.3) is 0 Å². The molecule has 0 unspecified atom stereocenters. The van der Waals surface area contributed by atoms with Gasteiger partial charge in [-0.25, -0.2) is 9.97 Å². The van der Waals surface area contributed by atoms with Gasteiger partial charge in [-0.2, -0.15) is 5.10 Å². The Bertz CT molecular complexity index is 1030. The summed E-state index contributed by atoms with van der Waals surface area (Å²) in [6.45, 7) is 4.54. The molecule has 0 fully saturated rings. The first-order chi connectivity index (χ1) is 13.1. The maximum Gasteiger partial charge on any atom is 0.225 e. The van der Waals surface area contributed by atoms with Crippen LogP contribution in [-0.4, -0.2) is 38.9 Å². The zero-order valence-corrected chi connectivity index (χ0v) is 15.4. The van der Waals surface area contributed by atoms with E-state index in [9.17, 15) is 0 Å². The van der Waals surface area contributed by atoms with Crippen LogP contribution in [0.15, 0.2) is 45.7 Å². The van der Waals surface area contributed by atoms with Gasteiger partial charge in [0, 0.05) is 32.1 Å². The van der Waals surface area contributed by atoms with E-state index >= 15 is 0 Å². The Hall–Kier alpha value is -3.42. The number of rotatable bonds is 6. The molecule has 0 aromatic carbocycles. The highest BCUT2D eigenvalue weighted by atomic mass is 16.5. The Labute approximate surface area is 156 Å². The normalized spacial score (nSPS) is 11.1. The van der Waals surface area contributed by atoms with Crippen molar-refractivity contribution < 1.29 is 8.94 Å². The highest BCUT2D eigenvalue weighted by Gasteiger charge is 2.19. The molecule has 4 rings (SSSR count). The van der Waals surface area contributed by atoms with Gasteiger partial charge in [0.05, 0.1) is 17.5 Å². The van der Waals surface area contributed by atoms with E-state index in [1.54, 1.807) is 6.20 Å². The zero-order valence-electron chi connectivity index (χ0n) is 15.4. The van der Waals surface area contributed by atoms with E-state index in [1.165, 1.54) is 0 Å². The van der Waals surface area contributed by atoms with Gasteiger partial charge >= 0.3 is 0 Å². The van der Waals surface area contributed by atoms with Gasteiger partial charge in [0.15, 0.2) is 11.5 Å². The number of aryl methyl sites for hydroxylation is 2. The predicted molar refractivity (Wildman–Crippen MR) is 100 cm³/mol. The summed E-state index contributed by atoms with van der Waals surface area (Å²) in [6.07, 6.45) is 6.31. The molecule has 27 heavy (non-hydrogen) atoms. The number of hydrogen-bond donors (Lipinski definition) is 1. The van der Waals surface area contributed by atoms with Crippen molar-refractivity contribution in [2.24, 2.45) is 0 Å². The fourth-order valence-electron chi connectivity index (χ4n) is 2.79. The van der Waals surface area contributed by atoms with Crippen LogP contribution in [0.5, 0.6) is 0 Å². The lowest BCUT2D eigenvalue weighted by atomic mass is 10.1. The second-order valence-electron chi connectivity index (χ2n) is 6.45. The monoisotopic (exact) mass is 364 g/mol. The maximum absolute atomic E-state index is 5.81. The quantitative estimate of drug-likeness (QED) is 0.560. The van der Waals surface area contributed by atoms with Crippen molar-refractivity contribution in [3.63, 3.8) is 0 Å². The molecular formula is C19H20N6O2. The Balaban J connectivity index is 1.67. The summed E-state index contributed by atoms with van der Waals surface area (Å²) in [5.41, 5.74) is 3.36. The molecule has 0 aliphatic rings. The second-order valence-corrected chi connectivity index (χ2v) is 6.45. The van der Waals surface area contributed by atoms with Crippen molar-refractivity contribution in [3.8, 4) is 22.8 Å². The third-order valence-corrected chi connectivity index (χ3v) is 4.28. The summed E-state index contributed by atoms with van der Waals surface area (Å²) in [7, 11) is 1.96. The molecule has 138 valence electrons. The minimum atomic E-state index is 0.613. The summed E-state index contributed by atoms with van der Waals surface area (Å²) < 4.78 is 11.2. The van der Waals surface area contributed by atoms with Crippen LogP contribution in [0.25, 0.3) is 22.8 Å². The molecule has 4 heterocycles. The lowest BCUT2D eigenvalue weighted by Gasteiger charge is -2.17. The van der Waals surface area contributed by atoms with Gasteiger partial charge in [-0.15, -0.1) is 0 Å². The predicted octanol–water partition coefficient (Wildman–Crippen LogP) is 3.41. The molecule has 0 bridgehead atoms. The Morgan fingerprint density at radius 1 is 1.15 bits per heavy atom. The number of hydrogen-bond acceptors (Lipinski definition) is 7. The minimum absolute atomic E-state index is 0.613. The first kappa shape index (κ1) is 17.0. The van der Waals surface area contributed by atoms with E-state index in [4.69, 9.17) is 13.9 Å². The molecule has 0 aliphatic carbocycles. The second kappa shape index (κ2) is 7.06. The molecule has 4 aromatic heterocycles. The molecule has 8 nitrogen and oxygen atoms in total. The number of nitrogens with one attached hydrogen (secondary N) is 1. The molecule has 0 saturated heterocycles. The Morgan fingerprint density at radius 3 is 2.70 bits per heavy atom. The highest BCUT2D eigenvalue weighted by molar-refractivity contribution is 5.76. The van der Waals surface area contributed by atoms with Crippen LogP contribution in [0.1, 0.15) is 17.0 Å². The van der Waals surface area contributed by atoms with Crippen LogP contribution in [-0.2, 0) is 6.42 Å². The molecule has 0 radical (unpaired) electrons.